The summed E-state index contributed by atoms with van der Waals surface area (Å²) in [6, 6.07) is 0. The van der Waals surface area contributed by atoms with Crippen molar-refractivity contribution in [3.05, 3.63) is 0 Å². The Morgan fingerprint density at radius 1 is 1.31 bits per heavy atom. The standard InChI is InChI=1S/C10H16O6/c1-7(11)14-6-10(16-8(2)12)4-13-3-9-5-15-9/h9-10H,3-6H2,1-2H3. The third-order valence-corrected chi connectivity index (χ3v) is 1.81. The summed E-state index contributed by atoms with van der Waals surface area (Å²) in [6.45, 7) is 3.99. The molecule has 0 aromatic rings. The molecule has 1 rings (SSSR count). The Morgan fingerprint density at radius 2 is 2.00 bits per heavy atom. The number of carbonyl (C=O) groups excluding carboxylic acids is 2. The summed E-state index contributed by atoms with van der Waals surface area (Å²) >= 11 is 0. The molecule has 16 heavy (non-hydrogen) atoms. The highest BCUT2D eigenvalue weighted by molar-refractivity contribution is 5.67. The first-order valence-corrected chi connectivity index (χ1v) is 5.08. The molecular weight excluding hydrogens is 216 g/mol. The van der Waals surface area contributed by atoms with Crippen LogP contribution in [0.1, 0.15) is 13.8 Å². The zero-order valence-electron chi connectivity index (χ0n) is 9.43. The predicted octanol–water partition coefficient (Wildman–Crippen LogP) is -0.103. The highest BCUT2D eigenvalue weighted by Crippen LogP contribution is 2.09. The van der Waals surface area contributed by atoms with Crippen LogP contribution in [0.2, 0.25) is 0 Å². The van der Waals surface area contributed by atoms with Crippen LogP contribution in [-0.4, -0.2) is 50.6 Å². The molecule has 92 valence electrons. The van der Waals surface area contributed by atoms with E-state index >= 15 is 0 Å². The van der Waals surface area contributed by atoms with E-state index in [0.29, 0.717) is 13.2 Å². The highest BCUT2D eigenvalue weighted by atomic mass is 16.6. The van der Waals surface area contributed by atoms with Crippen molar-refractivity contribution < 1.29 is 28.5 Å². The van der Waals surface area contributed by atoms with Gasteiger partial charge in [0.2, 0.25) is 0 Å². The minimum Gasteiger partial charge on any atom is -0.462 e. The third kappa shape index (κ3) is 6.36. The summed E-state index contributed by atoms with van der Waals surface area (Å²) in [5.41, 5.74) is 0. The van der Waals surface area contributed by atoms with E-state index in [1.54, 1.807) is 0 Å². The monoisotopic (exact) mass is 232 g/mol. The molecule has 2 unspecified atom stereocenters. The zero-order valence-corrected chi connectivity index (χ0v) is 9.43. The lowest BCUT2D eigenvalue weighted by Gasteiger charge is -2.16. The number of esters is 2. The molecule has 6 heteroatoms. The minimum atomic E-state index is -0.555. The molecule has 1 saturated heterocycles. The van der Waals surface area contributed by atoms with Gasteiger partial charge in [-0.25, -0.2) is 0 Å². The molecule has 2 atom stereocenters. The van der Waals surface area contributed by atoms with Crippen molar-refractivity contribution in [2.24, 2.45) is 0 Å². The molecule has 0 bridgehead atoms. The largest absolute Gasteiger partial charge is 0.462 e. The fraction of sp³-hybridized carbons (Fsp3) is 0.800. The molecule has 0 saturated carbocycles. The Morgan fingerprint density at radius 3 is 2.50 bits per heavy atom. The molecule has 1 aliphatic heterocycles. The molecule has 0 aliphatic carbocycles. The van der Waals surface area contributed by atoms with Crippen LogP contribution < -0.4 is 0 Å². The summed E-state index contributed by atoms with van der Waals surface area (Å²) in [5, 5.41) is 0. The van der Waals surface area contributed by atoms with Gasteiger partial charge >= 0.3 is 11.9 Å². The lowest BCUT2D eigenvalue weighted by atomic mass is 10.4. The van der Waals surface area contributed by atoms with Crippen molar-refractivity contribution in [3.63, 3.8) is 0 Å². The zero-order chi connectivity index (χ0) is 12.0. The van der Waals surface area contributed by atoms with E-state index in [2.05, 4.69) is 0 Å². The predicted molar refractivity (Wildman–Crippen MR) is 52.7 cm³/mol. The maximum absolute atomic E-state index is 10.8. The Kier molecular flexibility index (Phi) is 5.21. The fourth-order valence-electron chi connectivity index (χ4n) is 1.06. The number of ether oxygens (including phenoxy) is 4. The normalized spacial score (nSPS) is 20.0. The van der Waals surface area contributed by atoms with Crippen molar-refractivity contribution in [3.8, 4) is 0 Å². The van der Waals surface area contributed by atoms with Crippen LogP contribution in [0.4, 0.5) is 0 Å². The molecule has 0 aromatic carbocycles. The Labute approximate surface area is 93.8 Å². The van der Waals surface area contributed by atoms with Gasteiger partial charge in [-0.3, -0.25) is 9.59 Å². The van der Waals surface area contributed by atoms with Crippen molar-refractivity contribution >= 4 is 11.9 Å². The Bertz CT molecular complexity index is 248. The van der Waals surface area contributed by atoms with Crippen molar-refractivity contribution in [2.75, 3.05) is 26.4 Å². The van der Waals surface area contributed by atoms with E-state index in [-0.39, 0.29) is 19.3 Å². The van der Waals surface area contributed by atoms with Crippen LogP contribution >= 0.6 is 0 Å². The first-order chi connectivity index (χ1) is 7.58. The minimum absolute atomic E-state index is 0.0143. The first-order valence-electron chi connectivity index (χ1n) is 5.08. The van der Waals surface area contributed by atoms with Gasteiger partial charge in [0.15, 0.2) is 6.10 Å². The topological polar surface area (TPSA) is 74.4 Å². The lowest BCUT2D eigenvalue weighted by Crippen LogP contribution is -2.29. The molecule has 0 aromatic heterocycles. The average molecular weight is 232 g/mol. The molecule has 6 nitrogen and oxygen atoms in total. The number of hydrogen-bond donors (Lipinski definition) is 0. The van der Waals surface area contributed by atoms with Crippen LogP contribution in [-0.2, 0) is 28.5 Å². The Balaban J connectivity index is 2.17. The lowest BCUT2D eigenvalue weighted by molar-refractivity contribution is -0.160. The summed E-state index contributed by atoms with van der Waals surface area (Å²) in [6.07, 6.45) is -0.396. The second-order valence-corrected chi connectivity index (χ2v) is 3.53. The van der Waals surface area contributed by atoms with Gasteiger partial charge in [0, 0.05) is 13.8 Å². The van der Waals surface area contributed by atoms with Gasteiger partial charge in [0.05, 0.1) is 19.8 Å². The van der Waals surface area contributed by atoms with E-state index < -0.39 is 18.0 Å². The second-order valence-electron chi connectivity index (χ2n) is 3.53. The molecule has 1 fully saturated rings. The van der Waals surface area contributed by atoms with Crippen LogP contribution in [0.15, 0.2) is 0 Å². The number of hydrogen-bond acceptors (Lipinski definition) is 6. The molecule has 1 heterocycles. The maximum atomic E-state index is 10.8. The van der Waals surface area contributed by atoms with Crippen LogP contribution in [0, 0.1) is 0 Å². The van der Waals surface area contributed by atoms with E-state index in [1.807, 2.05) is 0 Å². The quantitative estimate of drug-likeness (QED) is 0.450. The molecular formula is C10H16O6. The summed E-state index contributed by atoms with van der Waals surface area (Å²) in [5.74, 6) is -0.842. The van der Waals surface area contributed by atoms with Gasteiger partial charge in [0.25, 0.3) is 0 Å². The van der Waals surface area contributed by atoms with Crippen LogP contribution in [0.3, 0.4) is 0 Å². The number of carbonyl (C=O) groups is 2. The highest BCUT2D eigenvalue weighted by Gasteiger charge is 2.23. The van der Waals surface area contributed by atoms with Crippen molar-refractivity contribution in [2.45, 2.75) is 26.1 Å². The molecule has 0 radical (unpaired) electrons. The summed E-state index contributed by atoms with van der Waals surface area (Å²) in [7, 11) is 0. The molecule has 0 N–H and O–H groups in total. The van der Waals surface area contributed by atoms with E-state index in [0.717, 1.165) is 0 Å². The van der Waals surface area contributed by atoms with Crippen LogP contribution in [0.5, 0.6) is 0 Å². The Hall–Kier alpha value is -1.14. The smallest absolute Gasteiger partial charge is 0.303 e. The number of rotatable bonds is 7. The van der Waals surface area contributed by atoms with Gasteiger partial charge in [-0.15, -0.1) is 0 Å². The molecule has 0 amide bonds. The van der Waals surface area contributed by atoms with Gasteiger partial charge in [0.1, 0.15) is 12.7 Å². The number of epoxide rings is 1. The van der Waals surface area contributed by atoms with E-state index in [4.69, 9.17) is 18.9 Å². The van der Waals surface area contributed by atoms with Crippen LogP contribution in [0.25, 0.3) is 0 Å². The van der Waals surface area contributed by atoms with Gasteiger partial charge in [-0.1, -0.05) is 0 Å². The first kappa shape index (κ1) is 12.9. The van der Waals surface area contributed by atoms with Crippen molar-refractivity contribution in [1.29, 1.82) is 0 Å². The average Bonchev–Trinajstić information content (AvgIpc) is 2.96. The molecule has 1 aliphatic rings. The van der Waals surface area contributed by atoms with Gasteiger partial charge in [-0.05, 0) is 0 Å². The van der Waals surface area contributed by atoms with Gasteiger partial charge < -0.3 is 18.9 Å². The second kappa shape index (κ2) is 6.44. The fourth-order valence-corrected chi connectivity index (χ4v) is 1.06. The van der Waals surface area contributed by atoms with E-state index in [1.165, 1.54) is 13.8 Å². The SMILES string of the molecule is CC(=O)OCC(COCC1CO1)OC(C)=O. The van der Waals surface area contributed by atoms with Crippen molar-refractivity contribution in [1.82, 2.24) is 0 Å². The summed E-state index contributed by atoms with van der Waals surface area (Å²) in [4.78, 5) is 21.4. The summed E-state index contributed by atoms with van der Waals surface area (Å²) < 4.78 is 19.9. The molecule has 0 spiro atoms. The van der Waals surface area contributed by atoms with Gasteiger partial charge in [-0.2, -0.15) is 0 Å². The maximum Gasteiger partial charge on any atom is 0.303 e. The third-order valence-electron chi connectivity index (χ3n) is 1.81. The van der Waals surface area contributed by atoms with E-state index in [9.17, 15) is 9.59 Å².